The molecule has 0 fully saturated rings. The third-order valence-electron chi connectivity index (χ3n) is 3.72. The Kier molecular flexibility index (Phi) is 4.08. The summed E-state index contributed by atoms with van der Waals surface area (Å²) in [4.78, 5) is 9.18. The molecule has 2 heterocycles. The van der Waals surface area contributed by atoms with E-state index in [1.807, 2.05) is 24.4 Å². The lowest BCUT2D eigenvalue weighted by molar-refractivity contribution is 0.103. The summed E-state index contributed by atoms with van der Waals surface area (Å²) >= 11 is 5.92. The van der Waals surface area contributed by atoms with Gasteiger partial charge in [-0.2, -0.15) is 0 Å². The summed E-state index contributed by atoms with van der Waals surface area (Å²) in [7, 11) is 1.73. The zero-order valence-corrected chi connectivity index (χ0v) is 13.0. The fourth-order valence-electron chi connectivity index (χ4n) is 2.61. The van der Waals surface area contributed by atoms with Crippen LogP contribution in [-0.4, -0.2) is 33.6 Å². The lowest BCUT2D eigenvalue weighted by Gasteiger charge is -2.14. The second kappa shape index (κ2) is 6.00. The van der Waals surface area contributed by atoms with Gasteiger partial charge >= 0.3 is 0 Å². The number of nitrogens with zero attached hydrogens (tertiary/aromatic N) is 3. The normalized spacial score (nSPS) is 13.1. The number of halogens is 1. The summed E-state index contributed by atoms with van der Waals surface area (Å²) in [6.07, 6.45) is 2.69. The van der Waals surface area contributed by atoms with Crippen LogP contribution in [0, 0.1) is 0 Å². The van der Waals surface area contributed by atoms with E-state index in [2.05, 4.69) is 22.5 Å². The highest BCUT2D eigenvalue weighted by molar-refractivity contribution is 6.18. The van der Waals surface area contributed by atoms with Crippen molar-refractivity contribution in [3.63, 3.8) is 0 Å². The molecule has 0 aliphatic carbocycles. The molecule has 4 nitrogen and oxygen atoms in total. The van der Waals surface area contributed by atoms with Crippen LogP contribution in [0.1, 0.15) is 12.7 Å². The van der Waals surface area contributed by atoms with E-state index in [-0.39, 0.29) is 6.10 Å². The van der Waals surface area contributed by atoms with Crippen LogP contribution < -0.4 is 0 Å². The Morgan fingerprint density at radius 1 is 1.29 bits per heavy atom. The highest BCUT2D eigenvalue weighted by Crippen LogP contribution is 2.25. The molecule has 0 radical (unpaired) electrons. The standard InChI is InChI=1S/C16H18ClN3O/c1-11(21-2)10-20-15(7-8-17)19-14-9-18-13-6-4-3-5-12(13)16(14)20/h3-6,9,11H,7-8,10H2,1-2H3. The number of fused-ring (bicyclic) bond motifs is 3. The van der Waals surface area contributed by atoms with Crippen LogP contribution in [0.15, 0.2) is 30.5 Å². The van der Waals surface area contributed by atoms with Crippen LogP contribution in [0.4, 0.5) is 0 Å². The SMILES string of the molecule is COC(C)Cn1c(CCCl)nc2cnc3ccccc3c21. The largest absolute Gasteiger partial charge is 0.380 e. The van der Waals surface area contributed by atoms with Gasteiger partial charge in [-0.3, -0.25) is 4.98 Å². The maximum Gasteiger partial charge on any atom is 0.111 e. The van der Waals surface area contributed by atoms with Gasteiger partial charge in [-0.1, -0.05) is 18.2 Å². The second-order valence-electron chi connectivity index (χ2n) is 5.13. The zero-order valence-electron chi connectivity index (χ0n) is 12.2. The molecule has 5 heteroatoms. The number of pyridine rings is 1. The number of methoxy groups -OCH3 is 1. The first kappa shape index (κ1) is 14.3. The number of hydrogen-bond acceptors (Lipinski definition) is 3. The number of benzene rings is 1. The van der Waals surface area contributed by atoms with E-state index >= 15 is 0 Å². The van der Waals surface area contributed by atoms with E-state index in [1.165, 1.54) is 0 Å². The van der Waals surface area contributed by atoms with Gasteiger partial charge < -0.3 is 9.30 Å². The smallest absolute Gasteiger partial charge is 0.111 e. The Labute approximate surface area is 128 Å². The molecule has 0 bridgehead atoms. The van der Waals surface area contributed by atoms with Crippen molar-refractivity contribution in [3.8, 4) is 0 Å². The minimum Gasteiger partial charge on any atom is -0.380 e. The quantitative estimate of drug-likeness (QED) is 0.678. The van der Waals surface area contributed by atoms with Gasteiger partial charge in [-0.25, -0.2) is 4.98 Å². The molecule has 1 aromatic carbocycles. The Balaban J connectivity index is 2.27. The molecule has 0 N–H and O–H groups in total. The number of alkyl halides is 1. The van der Waals surface area contributed by atoms with Crippen LogP contribution in [0.2, 0.25) is 0 Å². The number of hydrogen-bond donors (Lipinski definition) is 0. The molecule has 3 aromatic rings. The molecule has 0 aliphatic heterocycles. The fourth-order valence-corrected chi connectivity index (χ4v) is 2.78. The van der Waals surface area contributed by atoms with Gasteiger partial charge in [0, 0.05) is 24.8 Å². The van der Waals surface area contributed by atoms with Crippen LogP contribution in [-0.2, 0) is 17.7 Å². The first-order valence-corrected chi connectivity index (χ1v) is 7.59. The molecule has 1 atom stereocenters. The summed E-state index contributed by atoms with van der Waals surface area (Å²) in [5.74, 6) is 1.54. The summed E-state index contributed by atoms with van der Waals surface area (Å²) < 4.78 is 7.64. The Morgan fingerprint density at radius 3 is 2.86 bits per heavy atom. The molecule has 0 spiro atoms. The predicted octanol–water partition coefficient (Wildman–Crippen LogP) is 3.40. The Morgan fingerprint density at radius 2 is 2.10 bits per heavy atom. The van der Waals surface area contributed by atoms with Gasteiger partial charge in [0.1, 0.15) is 11.3 Å². The van der Waals surface area contributed by atoms with Crippen molar-refractivity contribution in [2.75, 3.05) is 13.0 Å². The molecular weight excluding hydrogens is 286 g/mol. The fraction of sp³-hybridized carbons (Fsp3) is 0.375. The number of para-hydroxylation sites is 1. The summed E-state index contributed by atoms with van der Waals surface area (Å²) in [6.45, 7) is 2.81. The van der Waals surface area contributed by atoms with Crippen LogP contribution in [0.5, 0.6) is 0 Å². The highest BCUT2D eigenvalue weighted by atomic mass is 35.5. The maximum atomic E-state index is 5.92. The van der Waals surface area contributed by atoms with Crippen molar-refractivity contribution in [1.82, 2.24) is 14.5 Å². The molecule has 0 saturated carbocycles. The molecule has 2 aromatic heterocycles. The first-order chi connectivity index (χ1) is 10.2. The molecular formula is C16H18ClN3O. The van der Waals surface area contributed by atoms with Crippen molar-refractivity contribution in [2.45, 2.75) is 26.0 Å². The Hall–Kier alpha value is -1.65. The topological polar surface area (TPSA) is 39.9 Å². The lowest BCUT2D eigenvalue weighted by Crippen LogP contribution is -2.17. The molecule has 21 heavy (non-hydrogen) atoms. The number of ether oxygens (including phenoxy) is 1. The van der Waals surface area contributed by atoms with Gasteiger partial charge in [-0.15, -0.1) is 11.6 Å². The van der Waals surface area contributed by atoms with Gasteiger partial charge in [0.25, 0.3) is 0 Å². The third kappa shape index (κ3) is 2.61. The summed E-state index contributed by atoms with van der Waals surface area (Å²) in [5, 5.41) is 1.12. The van der Waals surface area contributed by atoms with Gasteiger partial charge in [0.05, 0.1) is 29.9 Å². The molecule has 0 amide bonds. The average molecular weight is 304 g/mol. The van der Waals surface area contributed by atoms with E-state index < -0.39 is 0 Å². The van der Waals surface area contributed by atoms with E-state index in [9.17, 15) is 0 Å². The maximum absolute atomic E-state index is 5.92. The minimum atomic E-state index is 0.114. The van der Waals surface area contributed by atoms with Gasteiger partial charge in [0.15, 0.2) is 0 Å². The van der Waals surface area contributed by atoms with Crippen LogP contribution in [0.3, 0.4) is 0 Å². The van der Waals surface area contributed by atoms with Crippen molar-refractivity contribution >= 4 is 33.5 Å². The van der Waals surface area contributed by atoms with Crippen molar-refractivity contribution < 1.29 is 4.74 Å². The summed E-state index contributed by atoms with van der Waals surface area (Å²) in [5.41, 5.74) is 3.01. The molecule has 0 saturated heterocycles. The van der Waals surface area contributed by atoms with E-state index in [1.54, 1.807) is 7.11 Å². The van der Waals surface area contributed by atoms with Crippen LogP contribution in [0.25, 0.3) is 21.9 Å². The number of imidazole rings is 1. The van der Waals surface area contributed by atoms with Crippen LogP contribution >= 0.6 is 11.6 Å². The van der Waals surface area contributed by atoms with Crippen molar-refractivity contribution in [1.29, 1.82) is 0 Å². The van der Waals surface area contributed by atoms with Crippen molar-refractivity contribution in [3.05, 3.63) is 36.3 Å². The number of rotatable bonds is 5. The van der Waals surface area contributed by atoms with E-state index in [0.717, 1.165) is 40.7 Å². The number of aromatic nitrogens is 3. The molecule has 3 rings (SSSR count). The van der Waals surface area contributed by atoms with Gasteiger partial charge in [-0.05, 0) is 13.0 Å². The highest BCUT2D eigenvalue weighted by Gasteiger charge is 2.15. The van der Waals surface area contributed by atoms with E-state index in [4.69, 9.17) is 21.3 Å². The molecule has 1 unspecified atom stereocenters. The first-order valence-electron chi connectivity index (χ1n) is 7.06. The third-order valence-corrected chi connectivity index (χ3v) is 3.91. The number of aryl methyl sites for hydroxylation is 1. The minimum absolute atomic E-state index is 0.114. The molecule has 0 aliphatic rings. The van der Waals surface area contributed by atoms with Gasteiger partial charge in [0.2, 0.25) is 0 Å². The second-order valence-corrected chi connectivity index (χ2v) is 5.51. The predicted molar refractivity (Wildman–Crippen MR) is 85.9 cm³/mol. The summed E-state index contributed by atoms with van der Waals surface area (Å²) in [6, 6.07) is 8.14. The van der Waals surface area contributed by atoms with Crippen molar-refractivity contribution in [2.24, 2.45) is 0 Å². The molecule has 110 valence electrons. The Bertz CT molecular complexity index is 769. The zero-order chi connectivity index (χ0) is 14.8. The average Bonchev–Trinajstić information content (AvgIpc) is 2.85. The monoisotopic (exact) mass is 303 g/mol. The van der Waals surface area contributed by atoms with E-state index in [0.29, 0.717) is 5.88 Å². The lowest BCUT2D eigenvalue weighted by atomic mass is 10.2.